The van der Waals surface area contributed by atoms with Crippen molar-refractivity contribution in [2.75, 3.05) is 0 Å². The van der Waals surface area contributed by atoms with Gasteiger partial charge in [-0.05, 0) is 19.3 Å². The quantitative estimate of drug-likeness (QED) is 0.486. The molecule has 0 saturated heterocycles. The molecule has 1 unspecified atom stereocenters. The molecule has 7 nitrogen and oxygen atoms in total. The Hall–Kier alpha value is -1.63. The molecule has 0 spiro atoms. The third-order valence-electron chi connectivity index (χ3n) is 3.23. The van der Waals surface area contributed by atoms with Gasteiger partial charge in [-0.15, -0.1) is 0 Å². The van der Waals surface area contributed by atoms with Gasteiger partial charge in [-0.1, -0.05) is 33.6 Å². The summed E-state index contributed by atoms with van der Waals surface area (Å²) in [6.45, 7) is 7.05. The van der Waals surface area contributed by atoms with E-state index >= 15 is 0 Å². The van der Waals surface area contributed by atoms with Gasteiger partial charge in [0.25, 0.3) is 0 Å². The molecule has 21 heavy (non-hydrogen) atoms. The molecule has 0 aromatic rings. The van der Waals surface area contributed by atoms with E-state index < -0.39 is 35.9 Å². The predicted octanol–water partition coefficient (Wildman–Crippen LogP) is 0.234. The molecular weight excluding hydrogens is 274 g/mol. The summed E-state index contributed by atoms with van der Waals surface area (Å²) in [5.41, 5.74) is 5.69. The van der Waals surface area contributed by atoms with E-state index in [1.54, 1.807) is 13.8 Å². The third kappa shape index (κ3) is 7.08. The van der Waals surface area contributed by atoms with E-state index in [0.717, 1.165) is 6.42 Å². The fourth-order valence-corrected chi connectivity index (χ4v) is 1.64. The number of carboxylic acid groups (broad SMARTS) is 1. The number of aliphatic carboxylic acids is 1. The highest BCUT2D eigenvalue weighted by Crippen LogP contribution is 2.02. The van der Waals surface area contributed by atoms with Crippen molar-refractivity contribution in [1.29, 1.82) is 0 Å². The standard InChI is InChI=1S/C14H27N3O4/c1-5-6-7-10(14(20)21)17-12(18)9(4)16-13(19)11(15)8(2)3/h8-11H,5-7,15H2,1-4H3,(H,16,19)(H,17,18)(H,20,21)/t9-,10-,11?/m0/s1. The van der Waals surface area contributed by atoms with Gasteiger partial charge >= 0.3 is 5.97 Å². The number of unbranched alkanes of at least 4 members (excludes halogenated alkanes) is 1. The molecule has 0 radical (unpaired) electrons. The number of carbonyl (C=O) groups is 3. The summed E-state index contributed by atoms with van der Waals surface area (Å²) >= 11 is 0. The molecule has 0 rings (SSSR count). The number of carboxylic acids is 1. The van der Waals surface area contributed by atoms with E-state index in [9.17, 15) is 14.4 Å². The van der Waals surface area contributed by atoms with E-state index in [2.05, 4.69) is 10.6 Å². The summed E-state index contributed by atoms with van der Waals surface area (Å²) in [5.74, 6) is -2.07. The third-order valence-corrected chi connectivity index (χ3v) is 3.23. The number of carbonyl (C=O) groups excluding carboxylic acids is 2. The minimum atomic E-state index is -1.07. The van der Waals surface area contributed by atoms with Crippen molar-refractivity contribution < 1.29 is 19.5 Å². The van der Waals surface area contributed by atoms with E-state index in [0.29, 0.717) is 12.8 Å². The van der Waals surface area contributed by atoms with Gasteiger partial charge < -0.3 is 21.5 Å². The number of hydrogen-bond donors (Lipinski definition) is 4. The van der Waals surface area contributed by atoms with Crippen molar-refractivity contribution in [3.05, 3.63) is 0 Å². The van der Waals surface area contributed by atoms with Crippen molar-refractivity contribution in [1.82, 2.24) is 10.6 Å². The summed E-state index contributed by atoms with van der Waals surface area (Å²) in [4.78, 5) is 34.7. The predicted molar refractivity (Wildman–Crippen MR) is 79.5 cm³/mol. The van der Waals surface area contributed by atoms with Crippen LogP contribution in [0.3, 0.4) is 0 Å². The summed E-state index contributed by atoms with van der Waals surface area (Å²) in [6.07, 6.45) is 1.91. The van der Waals surface area contributed by atoms with Gasteiger partial charge in [0.15, 0.2) is 0 Å². The zero-order valence-electron chi connectivity index (χ0n) is 13.2. The highest BCUT2D eigenvalue weighted by molar-refractivity contribution is 5.91. The van der Waals surface area contributed by atoms with Crippen LogP contribution in [0.2, 0.25) is 0 Å². The second-order valence-corrected chi connectivity index (χ2v) is 5.54. The van der Waals surface area contributed by atoms with Gasteiger partial charge in [0.2, 0.25) is 11.8 Å². The van der Waals surface area contributed by atoms with Crippen LogP contribution in [0.5, 0.6) is 0 Å². The maximum absolute atomic E-state index is 11.9. The lowest BCUT2D eigenvalue weighted by atomic mass is 10.0. The lowest BCUT2D eigenvalue weighted by molar-refractivity contribution is -0.142. The molecular formula is C14H27N3O4. The second-order valence-electron chi connectivity index (χ2n) is 5.54. The van der Waals surface area contributed by atoms with E-state index in [1.807, 2.05) is 6.92 Å². The van der Waals surface area contributed by atoms with Crippen molar-refractivity contribution >= 4 is 17.8 Å². The Balaban J connectivity index is 4.48. The molecule has 122 valence electrons. The first-order valence-corrected chi connectivity index (χ1v) is 7.29. The number of hydrogen-bond acceptors (Lipinski definition) is 4. The molecule has 0 aliphatic heterocycles. The highest BCUT2D eigenvalue weighted by Gasteiger charge is 2.25. The molecule has 2 amide bonds. The molecule has 0 bridgehead atoms. The Labute approximate surface area is 125 Å². The Morgan fingerprint density at radius 1 is 1.10 bits per heavy atom. The lowest BCUT2D eigenvalue weighted by Crippen LogP contribution is -2.54. The molecule has 0 aromatic heterocycles. The topological polar surface area (TPSA) is 122 Å². The maximum atomic E-state index is 11.9. The van der Waals surface area contributed by atoms with Crippen LogP contribution in [0.1, 0.15) is 47.0 Å². The smallest absolute Gasteiger partial charge is 0.326 e. The SMILES string of the molecule is CCCC[C@H](NC(=O)[C@H](C)NC(=O)C(N)C(C)C)C(=O)O. The zero-order valence-corrected chi connectivity index (χ0v) is 13.2. The minimum absolute atomic E-state index is 0.0448. The molecule has 7 heteroatoms. The van der Waals surface area contributed by atoms with Crippen LogP contribution in [0.15, 0.2) is 0 Å². The number of rotatable bonds is 9. The number of amides is 2. The van der Waals surface area contributed by atoms with Gasteiger partial charge in [-0.2, -0.15) is 0 Å². The Bertz CT molecular complexity index is 371. The largest absolute Gasteiger partial charge is 0.480 e. The first kappa shape index (κ1) is 19.4. The zero-order chi connectivity index (χ0) is 16.6. The van der Waals surface area contributed by atoms with Crippen LogP contribution in [-0.2, 0) is 14.4 Å². The monoisotopic (exact) mass is 301 g/mol. The first-order chi connectivity index (χ1) is 9.70. The van der Waals surface area contributed by atoms with Crippen molar-refractivity contribution in [2.45, 2.75) is 65.1 Å². The van der Waals surface area contributed by atoms with Crippen LogP contribution in [0, 0.1) is 5.92 Å². The Kier molecular flexibility index (Phi) is 8.61. The van der Waals surface area contributed by atoms with Gasteiger partial charge in [-0.3, -0.25) is 9.59 Å². The summed E-state index contributed by atoms with van der Waals surface area (Å²) in [7, 11) is 0. The molecule has 0 aliphatic rings. The molecule has 0 aromatic carbocycles. The van der Waals surface area contributed by atoms with Crippen molar-refractivity contribution in [2.24, 2.45) is 11.7 Å². The molecule has 0 fully saturated rings. The summed E-state index contributed by atoms with van der Waals surface area (Å²) < 4.78 is 0. The lowest BCUT2D eigenvalue weighted by Gasteiger charge is -2.21. The van der Waals surface area contributed by atoms with Crippen LogP contribution >= 0.6 is 0 Å². The molecule has 0 heterocycles. The van der Waals surface area contributed by atoms with Gasteiger partial charge in [0.05, 0.1) is 6.04 Å². The average Bonchev–Trinajstić information content (AvgIpc) is 2.41. The molecule has 5 N–H and O–H groups in total. The van der Waals surface area contributed by atoms with Crippen LogP contribution < -0.4 is 16.4 Å². The van der Waals surface area contributed by atoms with Crippen molar-refractivity contribution in [3.8, 4) is 0 Å². The fourth-order valence-electron chi connectivity index (χ4n) is 1.64. The average molecular weight is 301 g/mol. The van der Waals surface area contributed by atoms with Crippen LogP contribution in [0.4, 0.5) is 0 Å². The van der Waals surface area contributed by atoms with Gasteiger partial charge in [0, 0.05) is 0 Å². The molecule has 3 atom stereocenters. The van der Waals surface area contributed by atoms with E-state index in [1.165, 1.54) is 6.92 Å². The van der Waals surface area contributed by atoms with Gasteiger partial charge in [-0.25, -0.2) is 4.79 Å². The Morgan fingerprint density at radius 2 is 1.67 bits per heavy atom. The minimum Gasteiger partial charge on any atom is -0.480 e. The molecule has 0 aliphatic carbocycles. The van der Waals surface area contributed by atoms with Gasteiger partial charge in [0.1, 0.15) is 12.1 Å². The van der Waals surface area contributed by atoms with Crippen LogP contribution in [0.25, 0.3) is 0 Å². The summed E-state index contributed by atoms with van der Waals surface area (Å²) in [6, 6.07) is -2.46. The van der Waals surface area contributed by atoms with Crippen molar-refractivity contribution in [3.63, 3.8) is 0 Å². The Morgan fingerprint density at radius 3 is 2.10 bits per heavy atom. The highest BCUT2D eigenvalue weighted by atomic mass is 16.4. The van der Waals surface area contributed by atoms with E-state index in [4.69, 9.17) is 10.8 Å². The van der Waals surface area contributed by atoms with Crippen LogP contribution in [-0.4, -0.2) is 41.0 Å². The maximum Gasteiger partial charge on any atom is 0.326 e. The second kappa shape index (κ2) is 9.33. The normalized spacial score (nSPS) is 15.1. The van der Waals surface area contributed by atoms with E-state index in [-0.39, 0.29) is 5.92 Å². The number of nitrogens with one attached hydrogen (secondary N) is 2. The first-order valence-electron chi connectivity index (χ1n) is 7.29. The number of nitrogens with two attached hydrogens (primary N) is 1. The fraction of sp³-hybridized carbons (Fsp3) is 0.786. The molecule has 0 saturated carbocycles. The summed E-state index contributed by atoms with van der Waals surface area (Å²) in [5, 5.41) is 14.0.